The van der Waals surface area contributed by atoms with Crippen LogP contribution in [-0.2, 0) is 4.79 Å². The number of fused-ring (bicyclic) bond motifs is 3. The summed E-state index contributed by atoms with van der Waals surface area (Å²) in [6, 6.07) is 13.7. The van der Waals surface area contributed by atoms with Crippen LogP contribution in [0.1, 0.15) is 23.5 Å². The molecule has 132 valence electrons. The third-order valence-electron chi connectivity index (χ3n) is 4.75. The number of ether oxygens (including phenoxy) is 1. The molecule has 4 rings (SSSR count). The van der Waals surface area contributed by atoms with Gasteiger partial charge < -0.3 is 15.2 Å². The Morgan fingerprint density at radius 3 is 2.81 bits per heavy atom. The highest BCUT2D eigenvalue weighted by Gasteiger charge is 2.31. The molecule has 3 aromatic carbocycles. The highest BCUT2D eigenvalue weighted by atomic mass is 79.9. The van der Waals surface area contributed by atoms with Crippen LogP contribution in [-0.4, -0.2) is 18.1 Å². The first-order valence-electron chi connectivity index (χ1n) is 8.07. The fourth-order valence-corrected chi connectivity index (χ4v) is 4.26. The molecule has 2 N–H and O–H groups in total. The van der Waals surface area contributed by atoms with Crippen molar-refractivity contribution in [2.75, 3.05) is 12.4 Å². The fourth-order valence-electron chi connectivity index (χ4n) is 3.56. The molecule has 1 atom stereocenters. The summed E-state index contributed by atoms with van der Waals surface area (Å²) in [5.74, 6) is -0.0659. The quantitative estimate of drug-likeness (QED) is 0.566. The normalized spacial score (nSPS) is 16.3. The van der Waals surface area contributed by atoms with Gasteiger partial charge >= 0.3 is 0 Å². The van der Waals surface area contributed by atoms with Crippen molar-refractivity contribution < 1.29 is 14.6 Å². The van der Waals surface area contributed by atoms with Crippen LogP contribution in [0.2, 0.25) is 5.02 Å². The molecule has 0 aliphatic carbocycles. The lowest BCUT2D eigenvalue weighted by atomic mass is 9.82. The van der Waals surface area contributed by atoms with Crippen LogP contribution in [0.3, 0.4) is 0 Å². The number of nitrogens with one attached hydrogen (secondary N) is 1. The van der Waals surface area contributed by atoms with Gasteiger partial charge in [-0.2, -0.15) is 0 Å². The highest BCUT2D eigenvalue weighted by Crippen LogP contribution is 2.49. The first-order chi connectivity index (χ1) is 12.5. The number of anilines is 1. The van der Waals surface area contributed by atoms with Crippen molar-refractivity contribution in [2.24, 2.45) is 0 Å². The van der Waals surface area contributed by atoms with Crippen LogP contribution in [0.5, 0.6) is 11.5 Å². The van der Waals surface area contributed by atoms with E-state index in [2.05, 4.69) is 21.2 Å². The van der Waals surface area contributed by atoms with Gasteiger partial charge in [0.05, 0.1) is 16.6 Å². The van der Waals surface area contributed by atoms with Gasteiger partial charge in [-0.25, -0.2) is 0 Å². The molecule has 4 nitrogen and oxygen atoms in total. The molecule has 0 saturated heterocycles. The van der Waals surface area contributed by atoms with Crippen LogP contribution >= 0.6 is 27.5 Å². The summed E-state index contributed by atoms with van der Waals surface area (Å²) in [5.41, 5.74) is 2.54. The van der Waals surface area contributed by atoms with Crippen LogP contribution in [0.25, 0.3) is 10.8 Å². The summed E-state index contributed by atoms with van der Waals surface area (Å²) < 4.78 is 5.64. The highest BCUT2D eigenvalue weighted by molar-refractivity contribution is 9.10. The Hall–Kier alpha value is -2.24. The van der Waals surface area contributed by atoms with E-state index in [1.165, 1.54) is 7.11 Å². The van der Waals surface area contributed by atoms with E-state index >= 15 is 0 Å². The van der Waals surface area contributed by atoms with Crippen molar-refractivity contribution in [3.05, 3.63) is 63.1 Å². The number of hydrogen-bond donors (Lipinski definition) is 2. The van der Waals surface area contributed by atoms with Gasteiger partial charge in [0, 0.05) is 18.0 Å². The molecule has 0 radical (unpaired) electrons. The standard InChI is InChI=1S/C20H15BrClNO3/c1-26-15-8-13(19(22)18(21)20(15)25)12-9-16(24)23-14-7-6-10-4-2-3-5-11(10)17(12)14/h2-8,12,25H,9H2,1H3,(H,23,24)/t12-/m1/s1. The zero-order valence-corrected chi connectivity index (χ0v) is 16.2. The SMILES string of the molecule is COc1cc([C@H]2CC(=O)Nc3ccc4ccccc4c32)c(Cl)c(Br)c1O. The number of hydrogen-bond acceptors (Lipinski definition) is 3. The molecular formula is C20H15BrClNO3. The Labute approximate surface area is 163 Å². The van der Waals surface area contributed by atoms with E-state index in [1.807, 2.05) is 36.4 Å². The second kappa shape index (κ2) is 6.49. The van der Waals surface area contributed by atoms with Crippen molar-refractivity contribution in [1.29, 1.82) is 0 Å². The number of aromatic hydroxyl groups is 1. The lowest BCUT2D eigenvalue weighted by Gasteiger charge is -2.29. The summed E-state index contributed by atoms with van der Waals surface area (Å²) in [7, 11) is 1.48. The first-order valence-corrected chi connectivity index (χ1v) is 9.24. The number of carbonyl (C=O) groups excluding carboxylic acids is 1. The smallest absolute Gasteiger partial charge is 0.225 e. The number of phenolic OH excluding ortho intramolecular Hbond substituents is 1. The van der Waals surface area contributed by atoms with Gasteiger partial charge in [0.15, 0.2) is 11.5 Å². The molecule has 26 heavy (non-hydrogen) atoms. The van der Waals surface area contributed by atoms with Crippen molar-refractivity contribution in [2.45, 2.75) is 12.3 Å². The molecule has 1 aliphatic rings. The van der Waals surface area contributed by atoms with E-state index in [0.29, 0.717) is 15.2 Å². The molecule has 0 unspecified atom stereocenters. The van der Waals surface area contributed by atoms with E-state index in [4.69, 9.17) is 16.3 Å². The van der Waals surface area contributed by atoms with Crippen LogP contribution in [0.15, 0.2) is 46.9 Å². The predicted molar refractivity (Wildman–Crippen MR) is 106 cm³/mol. The van der Waals surface area contributed by atoms with Gasteiger partial charge in [-0.05, 0) is 50.0 Å². The number of carbonyl (C=O) groups is 1. The average molecular weight is 433 g/mol. The maximum Gasteiger partial charge on any atom is 0.225 e. The van der Waals surface area contributed by atoms with Crippen LogP contribution in [0.4, 0.5) is 5.69 Å². The average Bonchev–Trinajstić information content (AvgIpc) is 2.65. The number of benzene rings is 3. The number of phenols is 1. The van der Waals surface area contributed by atoms with Crippen LogP contribution in [0, 0.1) is 0 Å². The largest absolute Gasteiger partial charge is 0.503 e. The van der Waals surface area contributed by atoms with Crippen molar-refractivity contribution in [3.8, 4) is 11.5 Å². The molecule has 0 bridgehead atoms. The van der Waals surface area contributed by atoms with Crippen molar-refractivity contribution in [3.63, 3.8) is 0 Å². The maximum absolute atomic E-state index is 12.3. The monoisotopic (exact) mass is 431 g/mol. The molecule has 3 aromatic rings. The lowest BCUT2D eigenvalue weighted by molar-refractivity contribution is -0.116. The van der Waals surface area contributed by atoms with Gasteiger partial charge in [0.25, 0.3) is 0 Å². The molecule has 1 heterocycles. The minimum absolute atomic E-state index is 0.0559. The van der Waals surface area contributed by atoms with Gasteiger partial charge in [-0.3, -0.25) is 4.79 Å². The van der Waals surface area contributed by atoms with Gasteiger partial charge in [0.1, 0.15) is 0 Å². The molecule has 0 spiro atoms. The van der Waals surface area contributed by atoms with E-state index in [9.17, 15) is 9.90 Å². The number of amides is 1. The Kier molecular flexibility index (Phi) is 4.29. The molecule has 1 aliphatic heterocycles. The van der Waals surface area contributed by atoms with Crippen molar-refractivity contribution in [1.82, 2.24) is 0 Å². The molecule has 0 aromatic heterocycles. The van der Waals surface area contributed by atoms with E-state index in [1.54, 1.807) is 6.07 Å². The van der Waals surface area contributed by atoms with Crippen LogP contribution < -0.4 is 10.1 Å². The Bertz CT molecular complexity index is 1050. The van der Waals surface area contributed by atoms with Gasteiger partial charge in [0.2, 0.25) is 5.91 Å². The zero-order chi connectivity index (χ0) is 18.4. The predicted octanol–water partition coefficient (Wildman–Crippen LogP) is 5.44. The lowest BCUT2D eigenvalue weighted by Crippen LogP contribution is -2.24. The van der Waals surface area contributed by atoms with Gasteiger partial charge in [-0.1, -0.05) is 41.9 Å². The summed E-state index contributed by atoms with van der Waals surface area (Å²) >= 11 is 9.86. The topological polar surface area (TPSA) is 58.6 Å². The second-order valence-corrected chi connectivity index (χ2v) is 7.37. The third kappa shape index (κ3) is 2.63. The Morgan fingerprint density at radius 2 is 2.04 bits per heavy atom. The third-order valence-corrected chi connectivity index (χ3v) is 6.16. The second-order valence-electron chi connectivity index (χ2n) is 6.20. The Morgan fingerprint density at radius 1 is 1.27 bits per heavy atom. The molecular weight excluding hydrogens is 418 g/mol. The molecule has 0 fully saturated rings. The summed E-state index contributed by atoms with van der Waals surface area (Å²) in [6.45, 7) is 0. The number of halogens is 2. The van der Waals surface area contributed by atoms with Gasteiger partial charge in [-0.15, -0.1) is 0 Å². The number of methoxy groups -OCH3 is 1. The fraction of sp³-hybridized carbons (Fsp3) is 0.150. The molecule has 1 amide bonds. The number of rotatable bonds is 2. The first kappa shape index (κ1) is 17.2. The molecule has 6 heteroatoms. The molecule has 0 saturated carbocycles. The van der Waals surface area contributed by atoms with Crippen molar-refractivity contribution >= 4 is 49.9 Å². The van der Waals surface area contributed by atoms with E-state index in [0.717, 1.165) is 27.6 Å². The maximum atomic E-state index is 12.3. The summed E-state index contributed by atoms with van der Waals surface area (Å²) in [5, 5.41) is 15.7. The minimum atomic E-state index is -0.247. The minimum Gasteiger partial charge on any atom is -0.503 e. The summed E-state index contributed by atoms with van der Waals surface area (Å²) in [6.07, 6.45) is 0.265. The zero-order valence-electron chi connectivity index (χ0n) is 13.8. The van der Waals surface area contributed by atoms with E-state index < -0.39 is 0 Å². The Balaban J connectivity index is 2.02. The van der Waals surface area contributed by atoms with E-state index in [-0.39, 0.29) is 24.0 Å². The summed E-state index contributed by atoms with van der Waals surface area (Å²) in [4.78, 5) is 12.3.